The average Bonchev–Trinajstić information content (AvgIpc) is 3.19. The largest absolute Gasteiger partial charge is 0.381 e. The van der Waals surface area contributed by atoms with Crippen molar-refractivity contribution < 1.29 is 9.53 Å². The van der Waals surface area contributed by atoms with E-state index in [0.717, 1.165) is 24.2 Å². The van der Waals surface area contributed by atoms with Crippen molar-refractivity contribution in [2.75, 3.05) is 19.8 Å². The number of aromatic nitrogens is 2. The number of amides is 1. The minimum atomic E-state index is 0.0405. The maximum atomic E-state index is 12.4. The van der Waals surface area contributed by atoms with Gasteiger partial charge in [0.2, 0.25) is 5.91 Å². The standard InChI is InChI=1S/C17H23N3O2S/c1-12-9-13(2)20(19-12)16(15-5-8-23-11-15)10-18-17(21)14-3-6-22-7-4-14/h5,8-9,11,14,16H,3-4,6-7,10H2,1-2H3,(H,18,21). The Kier molecular flexibility index (Phi) is 5.13. The highest BCUT2D eigenvalue weighted by atomic mass is 32.1. The second kappa shape index (κ2) is 7.27. The number of carbonyl (C=O) groups is 1. The molecule has 0 aliphatic carbocycles. The molecule has 5 nitrogen and oxygen atoms in total. The molecule has 1 atom stereocenters. The van der Waals surface area contributed by atoms with Gasteiger partial charge in [-0.3, -0.25) is 9.48 Å². The molecule has 0 saturated carbocycles. The molecule has 1 unspecified atom stereocenters. The van der Waals surface area contributed by atoms with Crippen LogP contribution >= 0.6 is 11.3 Å². The van der Waals surface area contributed by atoms with Crippen LogP contribution in [0.1, 0.15) is 35.8 Å². The van der Waals surface area contributed by atoms with E-state index in [4.69, 9.17) is 4.74 Å². The van der Waals surface area contributed by atoms with Gasteiger partial charge in [0.1, 0.15) is 0 Å². The average molecular weight is 333 g/mol. The molecule has 0 radical (unpaired) electrons. The molecule has 23 heavy (non-hydrogen) atoms. The molecule has 1 aliphatic heterocycles. The van der Waals surface area contributed by atoms with E-state index in [1.807, 2.05) is 11.6 Å². The van der Waals surface area contributed by atoms with Crippen LogP contribution in [0.2, 0.25) is 0 Å². The lowest BCUT2D eigenvalue weighted by atomic mass is 9.99. The van der Waals surface area contributed by atoms with Crippen LogP contribution in [0.3, 0.4) is 0 Å². The summed E-state index contributed by atoms with van der Waals surface area (Å²) in [6, 6.07) is 4.21. The van der Waals surface area contributed by atoms with Crippen LogP contribution in [0.15, 0.2) is 22.9 Å². The Labute approximate surface area is 140 Å². The lowest BCUT2D eigenvalue weighted by molar-refractivity contribution is -0.127. The monoisotopic (exact) mass is 333 g/mol. The molecule has 2 aromatic heterocycles. The number of nitrogens with zero attached hydrogens (tertiary/aromatic N) is 2. The number of hydrogen-bond donors (Lipinski definition) is 1. The molecule has 0 spiro atoms. The van der Waals surface area contributed by atoms with Gasteiger partial charge in [-0.25, -0.2) is 0 Å². The molecule has 1 N–H and O–H groups in total. The van der Waals surface area contributed by atoms with Crippen molar-refractivity contribution >= 4 is 17.2 Å². The topological polar surface area (TPSA) is 56.2 Å². The Hall–Kier alpha value is -1.66. The van der Waals surface area contributed by atoms with Crippen LogP contribution in [0.25, 0.3) is 0 Å². The fraction of sp³-hybridized carbons (Fsp3) is 0.529. The predicted molar refractivity (Wildman–Crippen MR) is 90.7 cm³/mol. The van der Waals surface area contributed by atoms with Gasteiger partial charge in [-0.15, -0.1) is 0 Å². The second-order valence-corrected chi connectivity index (χ2v) is 6.86. The van der Waals surface area contributed by atoms with Crippen LogP contribution in [-0.2, 0) is 9.53 Å². The van der Waals surface area contributed by atoms with Crippen molar-refractivity contribution in [3.63, 3.8) is 0 Å². The minimum Gasteiger partial charge on any atom is -0.381 e. The zero-order chi connectivity index (χ0) is 16.2. The van der Waals surface area contributed by atoms with Gasteiger partial charge in [-0.05, 0) is 55.1 Å². The van der Waals surface area contributed by atoms with E-state index in [1.165, 1.54) is 5.56 Å². The summed E-state index contributed by atoms with van der Waals surface area (Å²) in [6.45, 7) is 5.98. The SMILES string of the molecule is Cc1cc(C)n(C(CNC(=O)C2CCOCC2)c2ccsc2)n1. The van der Waals surface area contributed by atoms with Crippen LogP contribution in [0.5, 0.6) is 0 Å². The van der Waals surface area contributed by atoms with Gasteiger partial charge in [0, 0.05) is 31.4 Å². The summed E-state index contributed by atoms with van der Waals surface area (Å²) < 4.78 is 7.34. The molecule has 3 heterocycles. The van der Waals surface area contributed by atoms with Crippen molar-refractivity contribution in [2.24, 2.45) is 5.92 Å². The van der Waals surface area contributed by atoms with E-state index in [2.05, 4.69) is 40.2 Å². The fourth-order valence-electron chi connectivity index (χ4n) is 3.07. The highest BCUT2D eigenvalue weighted by Crippen LogP contribution is 2.23. The van der Waals surface area contributed by atoms with E-state index in [1.54, 1.807) is 11.3 Å². The molecule has 0 bridgehead atoms. The minimum absolute atomic E-state index is 0.0405. The Morgan fingerprint density at radius 1 is 1.48 bits per heavy atom. The molecule has 1 amide bonds. The summed E-state index contributed by atoms with van der Waals surface area (Å²) in [4.78, 5) is 12.4. The van der Waals surface area contributed by atoms with E-state index >= 15 is 0 Å². The van der Waals surface area contributed by atoms with Crippen LogP contribution in [0.4, 0.5) is 0 Å². The van der Waals surface area contributed by atoms with Crippen LogP contribution in [0, 0.1) is 19.8 Å². The molecular weight excluding hydrogens is 310 g/mol. The first-order valence-corrected chi connectivity index (χ1v) is 8.99. The molecule has 0 aromatic carbocycles. The lowest BCUT2D eigenvalue weighted by Gasteiger charge is -2.24. The van der Waals surface area contributed by atoms with E-state index in [0.29, 0.717) is 19.8 Å². The first-order valence-electron chi connectivity index (χ1n) is 8.05. The first-order chi connectivity index (χ1) is 11.1. The third-order valence-electron chi connectivity index (χ3n) is 4.33. The molecule has 1 aliphatic rings. The number of thiophene rings is 1. The Morgan fingerprint density at radius 2 is 2.26 bits per heavy atom. The molecular formula is C17H23N3O2S. The maximum absolute atomic E-state index is 12.4. The summed E-state index contributed by atoms with van der Waals surface area (Å²) in [5.41, 5.74) is 3.30. The molecule has 3 rings (SSSR count). The van der Waals surface area contributed by atoms with Crippen molar-refractivity contribution in [1.82, 2.24) is 15.1 Å². The summed E-state index contributed by atoms with van der Waals surface area (Å²) in [6.07, 6.45) is 1.63. The smallest absolute Gasteiger partial charge is 0.223 e. The fourth-order valence-corrected chi connectivity index (χ4v) is 3.78. The lowest BCUT2D eigenvalue weighted by Crippen LogP contribution is -2.38. The zero-order valence-corrected chi connectivity index (χ0v) is 14.4. The summed E-state index contributed by atoms with van der Waals surface area (Å²) in [7, 11) is 0. The first kappa shape index (κ1) is 16.2. The maximum Gasteiger partial charge on any atom is 0.223 e. The van der Waals surface area contributed by atoms with Gasteiger partial charge in [0.05, 0.1) is 11.7 Å². The van der Waals surface area contributed by atoms with Gasteiger partial charge < -0.3 is 10.1 Å². The van der Waals surface area contributed by atoms with Gasteiger partial charge in [-0.1, -0.05) is 0 Å². The van der Waals surface area contributed by atoms with Gasteiger partial charge in [0.15, 0.2) is 0 Å². The molecule has 124 valence electrons. The number of carbonyl (C=O) groups excluding carboxylic acids is 1. The van der Waals surface area contributed by atoms with Gasteiger partial charge in [-0.2, -0.15) is 16.4 Å². The Balaban J connectivity index is 1.72. The highest BCUT2D eigenvalue weighted by molar-refractivity contribution is 7.07. The van der Waals surface area contributed by atoms with Gasteiger partial charge >= 0.3 is 0 Å². The predicted octanol–water partition coefficient (Wildman–Crippen LogP) is 2.69. The molecule has 2 aromatic rings. The second-order valence-electron chi connectivity index (χ2n) is 6.08. The third-order valence-corrected chi connectivity index (χ3v) is 5.03. The highest BCUT2D eigenvalue weighted by Gasteiger charge is 2.24. The van der Waals surface area contributed by atoms with E-state index < -0.39 is 0 Å². The van der Waals surface area contributed by atoms with E-state index in [-0.39, 0.29) is 17.9 Å². The summed E-state index contributed by atoms with van der Waals surface area (Å²) in [5.74, 6) is 0.211. The molecule has 6 heteroatoms. The van der Waals surface area contributed by atoms with Crippen molar-refractivity contribution in [1.29, 1.82) is 0 Å². The number of nitrogens with one attached hydrogen (secondary N) is 1. The van der Waals surface area contributed by atoms with Crippen molar-refractivity contribution in [2.45, 2.75) is 32.7 Å². The zero-order valence-electron chi connectivity index (χ0n) is 13.6. The van der Waals surface area contributed by atoms with Crippen molar-refractivity contribution in [3.8, 4) is 0 Å². The molecule has 1 fully saturated rings. The number of ether oxygens (including phenoxy) is 1. The quantitative estimate of drug-likeness (QED) is 0.915. The Bertz CT molecular complexity index is 645. The Morgan fingerprint density at radius 3 is 2.87 bits per heavy atom. The number of rotatable bonds is 5. The van der Waals surface area contributed by atoms with Crippen LogP contribution in [-0.4, -0.2) is 35.4 Å². The molecule has 1 saturated heterocycles. The summed E-state index contributed by atoms with van der Waals surface area (Å²) >= 11 is 1.67. The van der Waals surface area contributed by atoms with Crippen LogP contribution < -0.4 is 5.32 Å². The van der Waals surface area contributed by atoms with Gasteiger partial charge in [0.25, 0.3) is 0 Å². The number of aryl methyl sites for hydroxylation is 2. The third kappa shape index (κ3) is 3.82. The number of hydrogen-bond acceptors (Lipinski definition) is 4. The van der Waals surface area contributed by atoms with E-state index in [9.17, 15) is 4.79 Å². The summed E-state index contributed by atoms with van der Waals surface area (Å²) in [5, 5.41) is 11.9. The normalized spacial score (nSPS) is 17.1. The van der Waals surface area contributed by atoms with Crippen molar-refractivity contribution in [3.05, 3.63) is 39.8 Å².